The number of ether oxygens (including phenoxy) is 4. The molecule has 0 unspecified atom stereocenters. The molecule has 104 valence electrons. The van der Waals surface area contributed by atoms with E-state index in [2.05, 4.69) is 5.32 Å². The van der Waals surface area contributed by atoms with E-state index in [-0.39, 0.29) is 0 Å². The largest absolute Gasteiger partial charge is 0.356 e. The molecular weight excluding hydrogens is 222 g/mol. The highest BCUT2D eigenvalue weighted by molar-refractivity contribution is 4.47. The Morgan fingerprint density at radius 3 is 1.59 bits per heavy atom. The van der Waals surface area contributed by atoms with E-state index in [1.807, 2.05) is 13.8 Å². The van der Waals surface area contributed by atoms with Crippen LogP contribution in [0, 0.1) is 0 Å². The highest BCUT2D eigenvalue weighted by atomic mass is 16.7. The SMILES string of the molecule is CCOCOCCCNCCCOCOCC. The summed E-state index contributed by atoms with van der Waals surface area (Å²) in [7, 11) is 0. The summed E-state index contributed by atoms with van der Waals surface area (Å²) in [6.07, 6.45) is 2.01. The van der Waals surface area contributed by atoms with E-state index >= 15 is 0 Å². The minimum absolute atomic E-state index is 0.405. The van der Waals surface area contributed by atoms with Crippen molar-refractivity contribution in [3.05, 3.63) is 0 Å². The van der Waals surface area contributed by atoms with Crippen molar-refractivity contribution in [3.8, 4) is 0 Å². The summed E-state index contributed by atoms with van der Waals surface area (Å²) in [5.41, 5.74) is 0. The molecule has 0 bridgehead atoms. The van der Waals surface area contributed by atoms with Crippen molar-refractivity contribution >= 4 is 0 Å². The third-order valence-corrected chi connectivity index (χ3v) is 2.03. The second kappa shape index (κ2) is 15.8. The summed E-state index contributed by atoms with van der Waals surface area (Å²) in [6.45, 7) is 9.57. The van der Waals surface area contributed by atoms with E-state index in [4.69, 9.17) is 18.9 Å². The summed E-state index contributed by atoms with van der Waals surface area (Å²) in [5, 5.41) is 3.33. The molecule has 17 heavy (non-hydrogen) atoms. The molecule has 0 saturated carbocycles. The second-order valence-corrected chi connectivity index (χ2v) is 3.49. The molecule has 0 fully saturated rings. The fourth-order valence-electron chi connectivity index (χ4n) is 1.13. The van der Waals surface area contributed by atoms with Crippen molar-refractivity contribution in [2.45, 2.75) is 26.7 Å². The van der Waals surface area contributed by atoms with Crippen LogP contribution in [0.25, 0.3) is 0 Å². The van der Waals surface area contributed by atoms with E-state index in [0.29, 0.717) is 26.8 Å². The average Bonchev–Trinajstić information content (AvgIpc) is 2.35. The van der Waals surface area contributed by atoms with Crippen LogP contribution in [0.15, 0.2) is 0 Å². The first kappa shape index (κ1) is 16.8. The van der Waals surface area contributed by atoms with Crippen LogP contribution in [0.3, 0.4) is 0 Å². The van der Waals surface area contributed by atoms with Crippen LogP contribution in [0.2, 0.25) is 0 Å². The lowest BCUT2D eigenvalue weighted by atomic mass is 10.4. The molecule has 0 aromatic carbocycles. The normalized spacial score (nSPS) is 10.9. The predicted octanol–water partition coefficient (Wildman–Crippen LogP) is 1.38. The molecule has 0 amide bonds. The highest BCUT2D eigenvalue weighted by Gasteiger charge is 1.91. The van der Waals surface area contributed by atoms with Gasteiger partial charge >= 0.3 is 0 Å². The first-order chi connectivity index (χ1) is 8.41. The van der Waals surface area contributed by atoms with Crippen LogP contribution in [-0.4, -0.2) is 53.1 Å². The Morgan fingerprint density at radius 2 is 1.18 bits per heavy atom. The molecule has 5 nitrogen and oxygen atoms in total. The van der Waals surface area contributed by atoms with Gasteiger partial charge in [-0.05, 0) is 39.8 Å². The Labute approximate surface area is 105 Å². The van der Waals surface area contributed by atoms with Crippen LogP contribution >= 0.6 is 0 Å². The topological polar surface area (TPSA) is 49.0 Å². The lowest BCUT2D eigenvalue weighted by molar-refractivity contribution is -0.0506. The summed E-state index contributed by atoms with van der Waals surface area (Å²) >= 11 is 0. The van der Waals surface area contributed by atoms with Gasteiger partial charge in [-0.25, -0.2) is 0 Å². The fraction of sp³-hybridized carbons (Fsp3) is 1.00. The molecule has 0 rings (SSSR count). The van der Waals surface area contributed by atoms with Crippen molar-refractivity contribution in [2.75, 3.05) is 53.1 Å². The third-order valence-electron chi connectivity index (χ3n) is 2.03. The minimum Gasteiger partial charge on any atom is -0.356 e. The molecule has 0 aromatic heterocycles. The van der Waals surface area contributed by atoms with Gasteiger partial charge in [0.2, 0.25) is 0 Å². The van der Waals surface area contributed by atoms with Crippen molar-refractivity contribution in [3.63, 3.8) is 0 Å². The summed E-state index contributed by atoms with van der Waals surface area (Å²) < 4.78 is 20.6. The number of hydrogen-bond acceptors (Lipinski definition) is 5. The van der Waals surface area contributed by atoms with Crippen LogP contribution < -0.4 is 5.32 Å². The monoisotopic (exact) mass is 249 g/mol. The molecule has 0 aliphatic heterocycles. The maximum atomic E-state index is 5.24. The standard InChI is InChI=1S/C12H27NO4/c1-3-14-11-16-9-5-7-13-8-6-10-17-12-15-4-2/h13H,3-12H2,1-2H3. The second-order valence-electron chi connectivity index (χ2n) is 3.49. The Hall–Kier alpha value is -0.200. The van der Waals surface area contributed by atoms with Gasteiger partial charge in [0.1, 0.15) is 13.6 Å². The van der Waals surface area contributed by atoms with Crippen LogP contribution in [0.1, 0.15) is 26.7 Å². The zero-order valence-corrected chi connectivity index (χ0v) is 11.2. The van der Waals surface area contributed by atoms with E-state index in [1.165, 1.54) is 0 Å². The Kier molecular flexibility index (Phi) is 15.6. The zero-order valence-electron chi connectivity index (χ0n) is 11.2. The Balaban J connectivity index is 2.85. The van der Waals surface area contributed by atoms with Gasteiger partial charge < -0.3 is 24.3 Å². The van der Waals surface area contributed by atoms with Gasteiger partial charge in [0.15, 0.2) is 0 Å². The fourth-order valence-corrected chi connectivity index (χ4v) is 1.13. The summed E-state index contributed by atoms with van der Waals surface area (Å²) in [5.74, 6) is 0. The van der Waals surface area contributed by atoms with Gasteiger partial charge in [0.25, 0.3) is 0 Å². The minimum atomic E-state index is 0.405. The van der Waals surface area contributed by atoms with E-state index in [1.54, 1.807) is 0 Å². The van der Waals surface area contributed by atoms with Crippen molar-refractivity contribution < 1.29 is 18.9 Å². The van der Waals surface area contributed by atoms with Crippen LogP contribution in [0.5, 0.6) is 0 Å². The number of nitrogens with one attached hydrogen (secondary N) is 1. The van der Waals surface area contributed by atoms with Crippen molar-refractivity contribution in [2.24, 2.45) is 0 Å². The van der Waals surface area contributed by atoms with Gasteiger partial charge in [-0.3, -0.25) is 0 Å². The van der Waals surface area contributed by atoms with E-state index < -0.39 is 0 Å². The lowest BCUT2D eigenvalue weighted by Crippen LogP contribution is -2.19. The smallest absolute Gasteiger partial charge is 0.146 e. The first-order valence-electron chi connectivity index (χ1n) is 6.43. The molecule has 0 aliphatic rings. The average molecular weight is 249 g/mol. The molecule has 5 heteroatoms. The van der Waals surface area contributed by atoms with Gasteiger partial charge in [-0.15, -0.1) is 0 Å². The Morgan fingerprint density at radius 1 is 0.706 bits per heavy atom. The van der Waals surface area contributed by atoms with Crippen LogP contribution in [-0.2, 0) is 18.9 Å². The van der Waals surface area contributed by atoms with E-state index in [9.17, 15) is 0 Å². The van der Waals surface area contributed by atoms with Gasteiger partial charge in [-0.1, -0.05) is 0 Å². The highest BCUT2D eigenvalue weighted by Crippen LogP contribution is 1.85. The van der Waals surface area contributed by atoms with Crippen molar-refractivity contribution in [1.82, 2.24) is 5.32 Å². The third kappa shape index (κ3) is 15.8. The molecule has 0 heterocycles. The van der Waals surface area contributed by atoms with Crippen molar-refractivity contribution in [1.29, 1.82) is 0 Å². The maximum Gasteiger partial charge on any atom is 0.146 e. The molecule has 0 saturated heterocycles. The lowest BCUT2D eigenvalue weighted by Gasteiger charge is -2.06. The number of rotatable bonds is 14. The Bertz CT molecular complexity index is 122. The molecular formula is C12H27NO4. The molecule has 0 radical (unpaired) electrons. The quantitative estimate of drug-likeness (QED) is 0.372. The van der Waals surface area contributed by atoms with Gasteiger partial charge in [0.05, 0.1) is 13.2 Å². The molecule has 0 aliphatic carbocycles. The molecule has 1 N–H and O–H groups in total. The maximum absolute atomic E-state index is 5.24. The summed E-state index contributed by atoms with van der Waals surface area (Å²) in [6, 6.07) is 0. The molecule has 0 spiro atoms. The van der Waals surface area contributed by atoms with Gasteiger partial charge in [0, 0.05) is 13.2 Å². The predicted molar refractivity (Wildman–Crippen MR) is 67.0 cm³/mol. The first-order valence-corrected chi connectivity index (χ1v) is 6.43. The van der Waals surface area contributed by atoms with Gasteiger partial charge in [-0.2, -0.15) is 0 Å². The zero-order chi connectivity index (χ0) is 12.6. The number of hydrogen-bond donors (Lipinski definition) is 1. The molecule has 0 aromatic rings. The summed E-state index contributed by atoms with van der Waals surface area (Å²) in [4.78, 5) is 0. The van der Waals surface area contributed by atoms with Crippen LogP contribution in [0.4, 0.5) is 0 Å². The molecule has 0 atom stereocenters. The van der Waals surface area contributed by atoms with E-state index in [0.717, 1.165) is 39.1 Å².